The Balaban J connectivity index is 1.82. The summed E-state index contributed by atoms with van der Waals surface area (Å²) in [4.78, 5) is 13.9. The van der Waals surface area contributed by atoms with Gasteiger partial charge in [-0.3, -0.25) is 4.79 Å². The number of nitrogens with zero attached hydrogens (tertiary/aromatic N) is 2. The van der Waals surface area contributed by atoms with Gasteiger partial charge in [-0.1, -0.05) is 44.5 Å². The number of halogens is 1. The van der Waals surface area contributed by atoms with Crippen LogP contribution >= 0.6 is 11.6 Å². The summed E-state index contributed by atoms with van der Waals surface area (Å²) in [5, 5.41) is 3.38. The summed E-state index contributed by atoms with van der Waals surface area (Å²) in [5.41, 5.74) is 0.818. The van der Waals surface area contributed by atoms with Crippen molar-refractivity contribution in [2.45, 2.75) is 27.2 Å². The van der Waals surface area contributed by atoms with Crippen molar-refractivity contribution in [3.8, 4) is 0 Å². The van der Waals surface area contributed by atoms with Gasteiger partial charge < -0.3 is 10.2 Å². The number of carbonyl (C=O) groups excluding carboxylic acids is 1. The minimum Gasteiger partial charge on any atom is -0.368 e. The Morgan fingerprint density at radius 3 is 2.35 bits per heavy atom. The minimum absolute atomic E-state index is 0.0744. The first kappa shape index (κ1) is 21.0. The van der Waals surface area contributed by atoms with Crippen molar-refractivity contribution in [2.24, 2.45) is 5.41 Å². The van der Waals surface area contributed by atoms with Crippen molar-refractivity contribution < 1.29 is 13.2 Å². The Labute approximate surface area is 161 Å². The number of hydrogen-bond acceptors (Lipinski definition) is 4. The number of nitrogens with one attached hydrogen (secondary N) is 1. The summed E-state index contributed by atoms with van der Waals surface area (Å²) >= 11 is 6.21. The van der Waals surface area contributed by atoms with Gasteiger partial charge in [-0.05, 0) is 17.5 Å². The molecule has 146 valence electrons. The highest BCUT2D eigenvalue weighted by Gasteiger charge is 2.27. The molecule has 1 aromatic rings. The van der Waals surface area contributed by atoms with E-state index in [-0.39, 0.29) is 23.6 Å². The topological polar surface area (TPSA) is 69.7 Å². The lowest BCUT2D eigenvalue weighted by Crippen LogP contribution is -2.50. The summed E-state index contributed by atoms with van der Waals surface area (Å²) in [6.45, 7) is 8.10. The van der Waals surface area contributed by atoms with E-state index in [1.54, 1.807) is 0 Å². The second kappa shape index (κ2) is 8.59. The van der Waals surface area contributed by atoms with Crippen LogP contribution in [0.3, 0.4) is 0 Å². The molecule has 1 N–H and O–H groups in total. The fraction of sp³-hybridized carbons (Fsp3) is 0.611. The predicted octanol–water partition coefficient (Wildman–Crippen LogP) is 2.34. The highest BCUT2D eigenvalue weighted by molar-refractivity contribution is 7.89. The Kier molecular flexibility index (Phi) is 6.93. The van der Waals surface area contributed by atoms with Crippen LogP contribution in [0.1, 0.15) is 27.2 Å². The van der Waals surface area contributed by atoms with Crippen LogP contribution in [0, 0.1) is 5.41 Å². The largest absolute Gasteiger partial charge is 0.368 e. The van der Waals surface area contributed by atoms with Crippen LogP contribution in [0.15, 0.2) is 24.3 Å². The Morgan fingerprint density at radius 1 is 1.15 bits per heavy atom. The maximum absolute atomic E-state index is 12.5. The van der Waals surface area contributed by atoms with Crippen molar-refractivity contribution in [3.63, 3.8) is 0 Å². The van der Waals surface area contributed by atoms with Crippen LogP contribution in [-0.4, -0.2) is 57.1 Å². The normalized spacial score (nSPS) is 16.5. The van der Waals surface area contributed by atoms with Crippen molar-refractivity contribution in [3.05, 3.63) is 29.3 Å². The molecule has 0 radical (unpaired) electrons. The third-order valence-electron chi connectivity index (χ3n) is 4.20. The molecule has 8 heteroatoms. The minimum atomic E-state index is -3.38. The Hall–Kier alpha value is -1.31. The Bertz CT molecular complexity index is 723. The van der Waals surface area contributed by atoms with Crippen LogP contribution in [0.5, 0.6) is 0 Å². The van der Waals surface area contributed by atoms with E-state index in [1.165, 1.54) is 4.31 Å². The molecule has 1 aromatic carbocycles. The van der Waals surface area contributed by atoms with Crippen LogP contribution in [0.4, 0.5) is 5.69 Å². The molecule has 1 aliphatic rings. The third-order valence-corrected chi connectivity index (χ3v) is 6.39. The standard InChI is InChI=1S/C18H28ClN3O3S/c1-18(2,3)14-17(23)20-8-13-26(24,25)22-11-9-21(10-12-22)16-7-5-4-6-15(16)19/h4-7H,8-14H2,1-3H3,(H,20,23). The van der Waals surface area contributed by atoms with E-state index in [9.17, 15) is 13.2 Å². The lowest BCUT2D eigenvalue weighted by molar-refractivity contribution is -0.122. The molecule has 0 aromatic heterocycles. The fourth-order valence-electron chi connectivity index (χ4n) is 2.91. The maximum Gasteiger partial charge on any atom is 0.220 e. The van der Waals surface area contributed by atoms with Crippen LogP contribution in [-0.2, 0) is 14.8 Å². The van der Waals surface area contributed by atoms with Crippen molar-refractivity contribution in [1.29, 1.82) is 0 Å². The molecular weight excluding hydrogens is 374 g/mol. The zero-order chi connectivity index (χ0) is 19.4. The molecule has 2 rings (SSSR count). The summed E-state index contributed by atoms with van der Waals surface area (Å²) in [5.74, 6) is -0.189. The smallest absolute Gasteiger partial charge is 0.220 e. The van der Waals surface area contributed by atoms with Crippen molar-refractivity contribution >= 4 is 33.2 Å². The number of benzene rings is 1. The van der Waals surface area contributed by atoms with E-state index in [2.05, 4.69) is 10.2 Å². The molecular formula is C18H28ClN3O3S. The second-order valence-corrected chi connectivity index (χ2v) is 10.2. The molecule has 1 saturated heterocycles. The van der Waals surface area contributed by atoms with Gasteiger partial charge in [-0.25, -0.2) is 8.42 Å². The molecule has 0 spiro atoms. The van der Waals surface area contributed by atoms with Crippen molar-refractivity contribution in [2.75, 3.05) is 43.4 Å². The van der Waals surface area contributed by atoms with E-state index in [0.29, 0.717) is 37.6 Å². The molecule has 1 fully saturated rings. The monoisotopic (exact) mass is 401 g/mol. The summed E-state index contributed by atoms with van der Waals surface area (Å²) in [6, 6.07) is 7.57. The third kappa shape index (κ3) is 6.14. The first-order valence-corrected chi connectivity index (χ1v) is 10.8. The van der Waals surface area contributed by atoms with Crippen LogP contribution in [0.2, 0.25) is 5.02 Å². The van der Waals surface area contributed by atoms with Crippen LogP contribution in [0.25, 0.3) is 0 Å². The van der Waals surface area contributed by atoms with E-state index < -0.39 is 10.0 Å². The lowest BCUT2D eigenvalue weighted by atomic mass is 9.92. The van der Waals surface area contributed by atoms with Gasteiger partial charge in [0, 0.05) is 39.1 Å². The molecule has 1 amide bonds. The van der Waals surface area contributed by atoms with E-state index >= 15 is 0 Å². The molecule has 0 bridgehead atoms. The van der Waals surface area contributed by atoms with Crippen molar-refractivity contribution in [1.82, 2.24) is 9.62 Å². The van der Waals surface area contributed by atoms with Gasteiger partial charge in [0.1, 0.15) is 0 Å². The first-order chi connectivity index (χ1) is 12.1. The number of para-hydroxylation sites is 1. The van der Waals surface area contributed by atoms with E-state index in [4.69, 9.17) is 11.6 Å². The molecule has 0 saturated carbocycles. The predicted molar refractivity (Wildman–Crippen MR) is 106 cm³/mol. The SMILES string of the molecule is CC(C)(C)CC(=O)NCCS(=O)(=O)N1CCN(c2ccccc2Cl)CC1. The van der Waals surface area contributed by atoms with Gasteiger partial charge in [0.25, 0.3) is 0 Å². The van der Waals surface area contributed by atoms with Gasteiger partial charge >= 0.3 is 0 Å². The highest BCUT2D eigenvalue weighted by atomic mass is 35.5. The number of anilines is 1. The number of hydrogen-bond donors (Lipinski definition) is 1. The zero-order valence-corrected chi connectivity index (χ0v) is 17.2. The molecule has 6 nitrogen and oxygen atoms in total. The van der Waals surface area contributed by atoms with Gasteiger partial charge in [0.05, 0.1) is 16.5 Å². The zero-order valence-electron chi connectivity index (χ0n) is 15.7. The lowest BCUT2D eigenvalue weighted by Gasteiger charge is -2.35. The molecule has 26 heavy (non-hydrogen) atoms. The number of sulfonamides is 1. The molecule has 1 heterocycles. The first-order valence-electron chi connectivity index (χ1n) is 8.82. The van der Waals surface area contributed by atoms with E-state index in [0.717, 1.165) is 5.69 Å². The second-order valence-electron chi connectivity index (χ2n) is 7.74. The fourth-order valence-corrected chi connectivity index (χ4v) is 4.50. The summed E-state index contributed by atoms with van der Waals surface area (Å²) < 4.78 is 26.5. The number of carbonyl (C=O) groups is 1. The quantitative estimate of drug-likeness (QED) is 0.794. The van der Waals surface area contributed by atoms with Gasteiger partial charge in [-0.15, -0.1) is 0 Å². The highest BCUT2D eigenvalue weighted by Crippen LogP contribution is 2.26. The average molecular weight is 402 g/mol. The Morgan fingerprint density at radius 2 is 1.77 bits per heavy atom. The van der Waals surface area contributed by atoms with Gasteiger partial charge in [0.15, 0.2) is 0 Å². The number of rotatable bonds is 6. The average Bonchev–Trinajstić information content (AvgIpc) is 2.53. The molecule has 1 aliphatic heterocycles. The number of piperazine rings is 1. The van der Waals surface area contributed by atoms with Crippen LogP contribution < -0.4 is 10.2 Å². The molecule has 0 unspecified atom stereocenters. The van der Waals surface area contributed by atoms with Gasteiger partial charge in [-0.2, -0.15) is 4.31 Å². The maximum atomic E-state index is 12.5. The molecule has 0 atom stereocenters. The number of amides is 1. The summed E-state index contributed by atoms with van der Waals surface area (Å²) in [7, 11) is -3.38. The molecule has 0 aliphatic carbocycles. The summed E-state index contributed by atoms with van der Waals surface area (Å²) in [6.07, 6.45) is 0.379. The van der Waals surface area contributed by atoms with E-state index in [1.807, 2.05) is 45.0 Å². The van der Waals surface area contributed by atoms with Gasteiger partial charge in [0.2, 0.25) is 15.9 Å².